The summed E-state index contributed by atoms with van der Waals surface area (Å²) in [7, 11) is 0. The van der Waals surface area contributed by atoms with Gasteiger partial charge >= 0.3 is 0 Å². The number of fused-ring (bicyclic) bond motifs is 2. The van der Waals surface area contributed by atoms with Crippen LogP contribution in [-0.2, 0) is 0 Å². The predicted octanol–water partition coefficient (Wildman–Crippen LogP) is 6.27. The lowest BCUT2D eigenvalue weighted by molar-refractivity contribution is 0.0873. The molecule has 232 valence electrons. The van der Waals surface area contributed by atoms with E-state index in [0.29, 0.717) is 23.4 Å². The molecule has 2 aromatic heterocycles. The molecule has 0 aliphatic carbocycles. The Morgan fingerprint density at radius 2 is 1.33 bits per heavy atom. The Kier molecular flexibility index (Phi) is 8.70. The van der Waals surface area contributed by atoms with Crippen molar-refractivity contribution in [2.75, 3.05) is 6.54 Å². The first-order valence-corrected chi connectivity index (χ1v) is 14.5. The lowest BCUT2D eigenvalue weighted by Crippen LogP contribution is -2.36. The molecule has 4 heterocycles. The van der Waals surface area contributed by atoms with Crippen LogP contribution in [0, 0.1) is 73.6 Å². The van der Waals surface area contributed by atoms with E-state index in [4.69, 9.17) is 10.5 Å². The molecule has 2 unspecified atom stereocenters. The molecule has 0 radical (unpaired) electrons. The molecular weight excluding hydrogens is 586 g/mol. The first-order valence-electron chi connectivity index (χ1n) is 14.5. The monoisotopic (exact) mass is 617 g/mol. The first kappa shape index (κ1) is 31.7. The maximum atomic E-state index is 14.5. The molecule has 2 saturated heterocycles. The zero-order valence-electron chi connectivity index (χ0n) is 25.2. The highest BCUT2D eigenvalue weighted by atomic mass is 19.2. The van der Waals surface area contributed by atoms with Gasteiger partial charge in [0, 0.05) is 40.4 Å². The van der Waals surface area contributed by atoms with Crippen LogP contribution in [0.1, 0.15) is 63.5 Å². The molecule has 1 N–H and O–H groups in total. The van der Waals surface area contributed by atoms with E-state index in [1.165, 1.54) is 28.8 Å². The first-order chi connectivity index (χ1) is 21.4. The normalized spacial score (nSPS) is 18.8. The minimum absolute atomic E-state index is 0.0257. The number of carbonyl (C=O) groups excluding carboxylic acids is 1. The van der Waals surface area contributed by atoms with Gasteiger partial charge in [0.05, 0.1) is 35.2 Å². The van der Waals surface area contributed by atoms with E-state index in [9.17, 15) is 27.5 Å². The van der Waals surface area contributed by atoms with Crippen LogP contribution in [0.4, 0.5) is 17.6 Å². The summed E-state index contributed by atoms with van der Waals surface area (Å²) in [6.07, 6.45) is 2.21. The second-order valence-electron chi connectivity index (χ2n) is 11.5. The molecule has 0 saturated carbocycles. The van der Waals surface area contributed by atoms with Crippen molar-refractivity contribution in [1.29, 1.82) is 10.5 Å². The minimum atomic E-state index is -1.19. The molecule has 45 heavy (non-hydrogen) atoms. The van der Waals surface area contributed by atoms with Gasteiger partial charge in [0.25, 0.3) is 0 Å². The Hall–Kier alpha value is -4.71. The number of aromatic nitrogens is 2. The standard InChI is InChI=1S/C21H21F2N3O2.C13H10F2N2/c1-11-7-15(19(28)10-25-14-4-6-16(25)18(27)8-14)12(2)26(11)17-5-3-13(9-24)20(22)21(17)23;1-8-3-4-9(2)17(8)11-6-5-10(7-16)12(14)13(11)15/h3,5,7,14,16,18,27H,4,6,8,10H2,1-2H3;3-6H,1-2H3/t14?,16?,18-;/m0./s1. The van der Waals surface area contributed by atoms with Gasteiger partial charge in [-0.1, -0.05) is 0 Å². The van der Waals surface area contributed by atoms with E-state index in [1.54, 1.807) is 36.6 Å². The van der Waals surface area contributed by atoms with Gasteiger partial charge in [-0.15, -0.1) is 0 Å². The van der Waals surface area contributed by atoms with Gasteiger partial charge in [-0.2, -0.15) is 10.5 Å². The lowest BCUT2D eigenvalue weighted by Gasteiger charge is -2.21. The van der Waals surface area contributed by atoms with Gasteiger partial charge < -0.3 is 14.2 Å². The third-order valence-electron chi connectivity index (χ3n) is 8.82. The number of Topliss-reactive ketones (excluding diaryl/α,β-unsaturated/α-hetero) is 1. The summed E-state index contributed by atoms with van der Waals surface area (Å²) in [5.74, 6) is -4.49. The average molecular weight is 618 g/mol. The third kappa shape index (κ3) is 5.54. The zero-order chi connectivity index (χ0) is 32.7. The third-order valence-corrected chi connectivity index (χ3v) is 8.82. The van der Waals surface area contributed by atoms with E-state index < -0.39 is 23.3 Å². The molecule has 11 heteroatoms. The highest BCUT2D eigenvalue weighted by Gasteiger charge is 2.46. The van der Waals surface area contributed by atoms with Gasteiger partial charge in [0.1, 0.15) is 12.1 Å². The fourth-order valence-electron chi connectivity index (χ4n) is 6.63. The van der Waals surface area contributed by atoms with Crippen LogP contribution in [0.2, 0.25) is 0 Å². The Labute approximate surface area is 258 Å². The summed E-state index contributed by atoms with van der Waals surface area (Å²) in [5, 5.41) is 27.5. The van der Waals surface area contributed by atoms with Crippen molar-refractivity contribution in [3.05, 3.63) is 105 Å². The van der Waals surface area contributed by atoms with E-state index >= 15 is 0 Å². The molecule has 2 aliphatic rings. The minimum Gasteiger partial charge on any atom is -0.391 e. The molecule has 3 atom stereocenters. The molecule has 0 spiro atoms. The second kappa shape index (κ2) is 12.4. The summed E-state index contributed by atoms with van der Waals surface area (Å²) < 4.78 is 59.0. The Bertz CT molecular complexity index is 1880. The molecule has 4 aromatic rings. The van der Waals surface area contributed by atoms with Gasteiger partial charge in [0.15, 0.2) is 29.1 Å². The van der Waals surface area contributed by atoms with Crippen LogP contribution >= 0.6 is 0 Å². The maximum absolute atomic E-state index is 14.5. The number of rotatable bonds is 5. The molecule has 2 aromatic carbocycles. The number of aliphatic hydroxyl groups is 1. The number of hydrogen-bond acceptors (Lipinski definition) is 5. The largest absolute Gasteiger partial charge is 0.391 e. The summed E-state index contributed by atoms with van der Waals surface area (Å²) in [5.41, 5.74) is 2.67. The van der Waals surface area contributed by atoms with Crippen molar-refractivity contribution >= 4 is 5.78 Å². The molecule has 2 aliphatic heterocycles. The fraction of sp³-hybridized carbons (Fsp3) is 0.324. The van der Waals surface area contributed by atoms with Crippen molar-refractivity contribution in [2.24, 2.45) is 0 Å². The summed E-state index contributed by atoms with van der Waals surface area (Å²) in [6, 6.07) is 14.1. The molecule has 2 fully saturated rings. The highest BCUT2D eigenvalue weighted by molar-refractivity contribution is 5.99. The van der Waals surface area contributed by atoms with Gasteiger partial charge in [-0.3, -0.25) is 9.69 Å². The maximum Gasteiger partial charge on any atom is 0.184 e. The number of nitriles is 2. The molecule has 2 bridgehead atoms. The van der Waals surface area contributed by atoms with E-state index in [1.807, 2.05) is 26.0 Å². The lowest BCUT2D eigenvalue weighted by atomic mass is 9.98. The number of hydrogen-bond donors (Lipinski definition) is 1. The molecule has 6 rings (SSSR count). The Balaban J connectivity index is 0.000000201. The van der Waals surface area contributed by atoms with Crippen LogP contribution in [0.15, 0.2) is 42.5 Å². The van der Waals surface area contributed by atoms with Crippen molar-refractivity contribution in [3.8, 4) is 23.5 Å². The number of ketones is 1. The number of nitrogens with zero attached hydrogens (tertiary/aromatic N) is 5. The predicted molar refractivity (Wildman–Crippen MR) is 158 cm³/mol. The average Bonchev–Trinajstić information content (AvgIpc) is 3.73. The zero-order valence-corrected chi connectivity index (χ0v) is 25.2. The second-order valence-corrected chi connectivity index (χ2v) is 11.5. The van der Waals surface area contributed by atoms with Crippen LogP contribution in [0.5, 0.6) is 0 Å². The van der Waals surface area contributed by atoms with Crippen LogP contribution < -0.4 is 0 Å². The van der Waals surface area contributed by atoms with E-state index in [2.05, 4.69) is 4.90 Å². The number of halogens is 4. The van der Waals surface area contributed by atoms with Crippen LogP contribution in [0.25, 0.3) is 11.4 Å². The topological polar surface area (TPSA) is 98.0 Å². The van der Waals surface area contributed by atoms with E-state index in [0.717, 1.165) is 24.2 Å². The molecule has 7 nitrogen and oxygen atoms in total. The van der Waals surface area contributed by atoms with Crippen molar-refractivity contribution < 1.29 is 27.5 Å². The number of carbonyl (C=O) groups is 1. The number of aliphatic hydroxyl groups excluding tert-OH is 1. The van der Waals surface area contributed by atoms with Gasteiger partial charge in [-0.05, 0) is 89.4 Å². The van der Waals surface area contributed by atoms with Crippen LogP contribution in [0.3, 0.4) is 0 Å². The molecular formula is C34H31F4N5O2. The summed E-state index contributed by atoms with van der Waals surface area (Å²) in [6.45, 7) is 7.25. The van der Waals surface area contributed by atoms with Crippen molar-refractivity contribution in [1.82, 2.24) is 14.0 Å². The quantitative estimate of drug-likeness (QED) is 0.210. The van der Waals surface area contributed by atoms with Gasteiger partial charge in [-0.25, -0.2) is 17.6 Å². The highest BCUT2D eigenvalue weighted by Crippen LogP contribution is 2.38. The van der Waals surface area contributed by atoms with E-state index in [-0.39, 0.29) is 53.0 Å². The van der Waals surface area contributed by atoms with Crippen LogP contribution in [-0.4, -0.2) is 49.7 Å². The number of aryl methyl sites for hydroxylation is 3. The van der Waals surface area contributed by atoms with Crippen molar-refractivity contribution in [2.45, 2.75) is 65.1 Å². The van der Waals surface area contributed by atoms with Crippen molar-refractivity contribution in [3.63, 3.8) is 0 Å². The van der Waals surface area contributed by atoms with Gasteiger partial charge in [0.2, 0.25) is 0 Å². The molecule has 0 amide bonds. The SMILES string of the molecule is Cc1cc(C(=O)CN2C3CCC2[C@@H](O)C3)c(C)n1-c1ccc(C#N)c(F)c1F.Cc1ccc(C)n1-c1ccc(C#N)c(F)c1F. The Morgan fingerprint density at radius 3 is 1.80 bits per heavy atom. The smallest absolute Gasteiger partial charge is 0.184 e. The number of benzene rings is 2. The Morgan fingerprint density at radius 1 is 0.800 bits per heavy atom. The fourth-order valence-corrected chi connectivity index (χ4v) is 6.63. The summed E-state index contributed by atoms with van der Waals surface area (Å²) >= 11 is 0. The summed E-state index contributed by atoms with van der Waals surface area (Å²) in [4.78, 5) is 15.0.